The molecule has 0 spiro atoms. The molecule has 0 saturated carbocycles. The van der Waals surface area contributed by atoms with Crippen molar-refractivity contribution in [3.05, 3.63) is 53.1 Å². The molecule has 2 aromatic carbocycles. The Bertz CT molecular complexity index is 1210. The average molecular weight is 440 g/mol. The molecule has 0 amide bonds. The summed E-state index contributed by atoms with van der Waals surface area (Å²) in [5.41, 5.74) is 4.03. The van der Waals surface area contributed by atoms with Crippen molar-refractivity contribution in [2.75, 3.05) is 6.61 Å². The van der Waals surface area contributed by atoms with Crippen LogP contribution in [0.1, 0.15) is 43.0 Å². The summed E-state index contributed by atoms with van der Waals surface area (Å²) in [5.74, 6) is 1.41. The van der Waals surface area contributed by atoms with Crippen LogP contribution in [0.15, 0.2) is 40.9 Å². The van der Waals surface area contributed by atoms with Gasteiger partial charge in [0.1, 0.15) is 27.5 Å². The summed E-state index contributed by atoms with van der Waals surface area (Å²) < 4.78 is 11.5. The van der Waals surface area contributed by atoms with E-state index in [0.29, 0.717) is 28.6 Å². The molecule has 1 aliphatic carbocycles. The maximum absolute atomic E-state index is 9.63. The van der Waals surface area contributed by atoms with Gasteiger partial charge in [0.05, 0.1) is 11.1 Å². The highest BCUT2D eigenvalue weighted by molar-refractivity contribution is 6.40. The number of nitriles is 1. The zero-order valence-electron chi connectivity index (χ0n) is 19.8. The molecule has 4 rings (SSSR count). The van der Waals surface area contributed by atoms with E-state index in [0.717, 1.165) is 18.4 Å². The second kappa shape index (κ2) is 8.73. The van der Waals surface area contributed by atoms with E-state index in [9.17, 15) is 10.4 Å². The molecule has 0 saturated heterocycles. The molecule has 166 valence electrons. The van der Waals surface area contributed by atoms with Gasteiger partial charge in [0.2, 0.25) is 5.82 Å². The van der Waals surface area contributed by atoms with Crippen molar-refractivity contribution in [2.24, 2.45) is 0 Å². The van der Waals surface area contributed by atoms with Crippen LogP contribution in [0.25, 0.3) is 22.8 Å². The zero-order valence-corrected chi connectivity index (χ0v) is 19.8. The number of ether oxygens (including phenoxy) is 1. The molecule has 2 N–H and O–H groups in total. The zero-order chi connectivity index (χ0) is 23.8. The number of rotatable bonds is 7. The molecule has 0 fully saturated rings. The summed E-state index contributed by atoms with van der Waals surface area (Å²) in [6.07, 6.45) is 1.84. The van der Waals surface area contributed by atoms with Crippen LogP contribution in [0.5, 0.6) is 5.75 Å². The lowest BCUT2D eigenvalue weighted by molar-refractivity contribution is 0.197. The van der Waals surface area contributed by atoms with Crippen LogP contribution in [0.2, 0.25) is 0 Å². The number of hydrogen-bond acceptors (Lipinski definition) is 7. The van der Waals surface area contributed by atoms with E-state index in [1.165, 1.54) is 11.1 Å². The molecule has 7 nitrogen and oxygen atoms in total. The molecule has 0 bridgehead atoms. The highest BCUT2D eigenvalue weighted by Crippen LogP contribution is 2.38. The van der Waals surface area contributed by atoms with Gasteiger partial charge in [-0.25, -0.2) is 0 Å². The standard InChI is InChI=1S/C23H27B3N4O3/c1-22(2,24)32-19-9-6-13(10-14(19)11-27)21-28-20(30-33-21)17-5-3-4-16-15(17)7-8-18(16)29-23(25,26)12-31/h3-6,9-10,18,29,31H,7-8,12,24-26H2,1-2H3/t18-/m0/s1. The highest BCUT2D eigenvalue weighted by Gasteiger charge is 2.30. The quantitative estimate of drug-likeness (QED) is 0.517. The predicted molar refractivity (Wildman–Crippen MR) is 134 cm³/mol. The fourth-order valence-electron chi connectivity index (χ4n) is 4.15. The van der Waals surface area contributed by atoms with Crippen molar-refractivity contribution in [3.8, 4) is 34.7 Å². The topological polar surface area (TPSA) is 104 Å². The molecule has 1 atom stereocenters. The normalized spacial score (nSPS) is 15.8. The molecular formula is C23H27B3N4O3. The summed E-state index contributed by atoms with van der Waals surface area (Å²) in [6, 6.07) is 13.8. The Kier molecular flexibility index (Phi) is 6.13. The van der Waals surface area contributed by atoms with E-state index in [2.05, 4.69) is 27.6 Å². The van der Waals surface area contributed by atoms with Crippen LogP contribution in [-0.4, -0.2) is 56.2 Å². The van der Waals surface area contributed by atoms with Crippen LogP contribution < -0.4 is 10.1 Å². The lowest BCUT2D eigenvalue weighted by Gasteiger charge is -2.29. The second-order valence-electron chi connectivity index (χ2n) is 10.1. The fourth-order valence-corrected chi connectivity index (χ4v) is 4.15. The molecule has 1 heterocycles. The van der Waals surface area contributed by atoms with Gasteiger partial charge in [-0.1, -0.05) is 23.4 Å². The van der Waals surface area contributed by atoms with E-state index >= 15 is 0 Å². The molecule has 0 unspecified atom stereocenters. The van der Waals surface area contributed by atoms with E-state index in [1.54, 1.807) is 12.1 Å². The Morgan fingerprint density at radius 2 is 2.06 bits per heavy atom. The Hall–Kier alpha value is -3.02. The SMILES string of the molecule is BC(B)(CO)N[C@H]1CCc2c(-c3noc(-c4ccc(OC(B)(C)C)c(C#N)c4)n3)cccc21. The maximum atomic E-state index is 9.63. The van der Waals surface area contributed by atoms with E-state index in [4.69, 9.17) is 9.26 Å². The number of benzene rings is 2. The van der Waals surface area contributed by atoms with Gasteiger partial charge < -0.3 is 19.7 Å². The molecule has 1 aromatic heterocycles. The van der Waals surface area contributed by atoms with Crippen LogP contribution in [0.3, 0.4) is 0 Å². The Morgan fingerprint density at radius 3 is 2.76 bits per heavy atom. The first-order valence-electron chi connectivity index (χ1n) is 11.2. The fraction of sp³-hybridized carbons (Fsp3) is 0.348. The smallest absolute Gasteiger partial charge is 0.258 e. The Labute approximate surface area is 196 Å². The molecule has 0 radical (unpaired) electrons. The highest BCUT2D eigenvalue weighted by atomic mass is 16.5. The average Bonchev–Trinajstić information content (AvgIpc) is 3.40. The van der Waals surface area contributed by atoms with E-state index in [-0.39, 0.29) is 18.0 Å². The third-order valence-electron chi connectivity index (χ3n) is 5.66. The number of aliphatic hydroxyl groups is 1. The van der Waals surface area contributed by atoms with Crippen molar-refractivity contribution in [1.82, 2.24) is 15.5 Å². The minimum Gasteiger partial charge on any atom is -0.496 e. The number of aromatic nitrogens is 2. The third-order valence-corrected chi connectivity index (χ3v) is 5.66. The van der Waals surface area contributed by atoms with Gasteiger partial charge in [0.25, 0.3) is 5.89 Å². The monoisotopic (exact) mass is 440 g/mol. The van der Waals surface area contributed by atoms with Gasteiger partial charge in [-0.05, 0) is 61.4 Å². The first kappa shape index (κ1) is 23.2. The number of nitrogens with zero attached hydrogens (tertiary/aromatic N) is 3. The number of aliphatic hydroxyl groups excluding tert-OH is 1. The van der Waals surface area contributed by atoms with Crippen LogP contribution in [0, 0.1) is 11.3 Å². The second-order valence-corrected chi connectivity index (χ2v) is 10.1. The van der Waals surface area contributed by atoms with Crippen LogP contribution in [-0.2, 0) is 6.42 Å². The minimum absolute atomic E-state index is 0.0665. The molecular weight excluding hydrogens is 413 g/mol. The Morgan fingerprint density at radius 1 is 1.27 bits per heavy atom. The van der Waals surface area contributed by atoms with Gasteiger partial charge in [0.15, 0.2) is 7.85 Å². The molecule has 10 heteroatoms. The summed E-state index contributed by atoms with van der Waals surface area (Å²) in [6.45, 7) is 3.95. The van der Waals surface area contributed by atoms with Crippen molar-refractivity contribution in [1.29, 1.82) is 5.26 Å². The summed E-state index contributed by atoms with van der Waals surface area (Å²) >= 11 is 0. The number of hydrogen-bond donors (Lipinski definition) is 2. The van der Waals surface area contributed by atoms with Crippen molar-refractivity contribution >= 4 is 23.5 Å². The van der Waals surface area contributed by atoms with Gasteiger partial charge >= 0.3 is 0 Å². The minimum atomic E-state index is -0.405. The van der Waals surface area contributed by atoms with Gasteiger partial charge in [-0.2, -0.15) is 10.2 Å². The van der Waals surface area contributed by atoms with E-state index in [1.807, 2.05) is 55.6 Å². The first-order valence-corrected chi connectivity index (χ1v) is 11.2. The molecule has 33 heavy (non-hydrogen) atoms. The van der Waals surface area contributed by atoms with Gasteiger partial charge in [-0.3, -0.25) is 0 Å². The molecule has 1 aliphatic rings. The Balaban J connectivity index is 1.63. The predicted octanol–water partition coefficient (Wildman–Crippen LogP) is 0.512. The summed E-state index contributed by atoms with van der Waals surface area (Å²) in [7, 11) is 5.93. The van der Waals surface area contributed by atoms with E-state index < -0.39 is 5.50 Å². The largest absolute Gasteiger partial charge is 0.496 e. The summed E-state index contributed by atoms with van der Waals surface area (Å²) in [4.78, 5) is 4.64. The van der Waals surface area contributed by atoms with Crippen LogP contribution >= 0.6 is 0 Å². The third kappa shape index (κ3) is 5.00. The molecule has 3 aromatic rings. The van der Waals surface area contributed by atoms with Gasteiger partial charge in [0, 0.05) is 23.8 Å². The lowest BCUT2D eigenvalue weighted by atomic mass is 9.62. The maximum Gasteiger partial charge on any atom is 0.258 e. The summed E-state index contributed by atoms with van der Waals surface area (Å²) in [5, 5.41) is 26.6. The van der Waals surface area contributed by atoms with Crippen molar-refractivity contribution < 1.29 is 14.4 Å². The van der Waals surface area contributed by atoms with Gasteiger partial charge in [-0.15, -0.1) is 0 Å². The number of nitrogens with one attached hydrogen (secondary N) is 1. The number of fused-ring (bicyclic) bond motifs is 1. The lowest BCUT2D eigenvalue weighted by Crippen LogP contribution is -2.50. The molecule has 0 aliphatic heterocycles. The van der Waals surface area contributed by atoms with Crippen molar-refractivity contribution in [3.63, 3.8) is 0 Å². The first-order chi connectivity index (χ1) is 15.6. The van der Waals surface area contributed by atoms with Crippen molar-refractivity contribution in [2.45, 2.75) is 43.6 Å². The van der Waals surface area contributed by atoms with Crippen LogP contribution in [0.4, 0.5) is 0 Å².